The van der Waals surface area contributed by atoms with E-state index < -0.39 is 0 Å². The standard InChI is InChI=1S/C8H7ClOS/c1-4-3-11-8-6(4)5(2)7(9)10-8/h3H,1-2H3. The molecule has 0 bridgehead atoms. The molecule has 0 aliphatic carbocycles. The Balaban J connectivity index is 2.95. The second kappa shape index (κ2) is 2.26. The molecule has 11 heavy (non-hydrogen) atoms. The minimum absolute atomic E-state index is 0.523. The number of hydrogen-bond donors (Lipinski definition) is 0. The zero-order valence-electron chi connectivity index (χ0n) is 6.27. The van der Waals surface area contributed by atoms with Crippen LogP contribution < -0.4 is 0 Å². The first-order valence-electron chi connectivity index (χ1n) is 3.33. The molecule has 0 N–H and O–H groups in total. The third kappa shape index (κ3) is 0.898. The fourth-order valence-corrected chi connectivity index (χ4v) is 2.38. The average Bonchev–Trinajstić information content (AvgIpc) is 2.41. The van der Waals surface area contributed by atoms with Crippen LogP contribution in [-0.4, -0.2) is 0 Å². The molecule has 0 fully saturated rings. The van der Waals surface area contributed by atoms with Gasteiger partial charge in [-0.25, -0.2) is 0 Å². The van der Waals surface area contributed by atoms with Gasteiger partial charge in [-0.2, -0.15) is 0 Å². The predicted octanol–water partition coefficient (Wildman–Crippen LogP) is 3.76. The molecule has 2 aromatic rings. The lowest BCUT2D eigenvalue weighted by Crippen LogP contribution is -1.67. The molecular formula is C8H7ClOS. The molecule has 0 aliphatic heterocycles. The molecule has 0 aliphatic rings. The van der Waals surface area contributed by atoms with E-state index in [-0.39, 0.29) is 0 Å². The topological polar surface area (TPSA) is 13.1 Å². The molecule has 2 aromatic heterocycles. The van der Waals surface area contributed by atoms with Gasteiger partial charge in [-0.1, -0.05) is 0 Å². The normalized spacial score (nSPS) is 11.2. The van der Waals surface area contributed by atoms with Crippen LogP contribution in [0.3, 0.4) is 0 Å². The van der Waals surface area contributed by atoms with Crippen LogP contribution in [0.15, 0.2) is 9.80 Å². The highest BCUT2D eigenvalue weighted by Gasteiger charge is 2.11. The first-order chi connectivity index (χ1) is 5.20. The van der Waals surface area contributed by atoms with Gasteiger partial charge in [0.1, 0.15) is 0 Å². The fraction of sp³-hybridized carbons (Fsp3) is 0.250. The largest absolute Gasteiger partial charge is 0.434 e. The van der Waals surface area contributed by atoms with Crippen molar-refractivity contribution >= 4 is 33.2 Å². The monoisotopic (exact) mass is 186 g/mol. The summed E-state index contributed by atoms with van der Waals surface area (Å²) in [6.45, 7) is 4.05. The lowest BCUT2D eigenvalue weighted by molar-refractivity contribution is 0.623. The Kier molecular flexibility index (Phi) is 1.48. The number of rotatable bonds is 0. The van der Waals surface area contributed by atoms with E-state index >= 15 is 0 Å². The first-order valence-corrected chi connectivity index (χ1v) is 4.58. The summed E-state index contributed by atoms with van der Waals surface area (Å²) in [5.74, 6) is 0. The van der Waals surface area contributed by atoms with Gasteiger partial charge in [-0.3, -0.25) is 0 Å². The molecule has 0 unspecified atom stereocenters. The second-order valence-corrected chi connectivity index (χ2v) is 3.77. The molecule has 3 heteroatoms. The summed E-state index contributed by atoms with van der Waals surface area (Å²) >= 11 is 7.40. The smallest absolute Gasteiger partial charge is 0.198 e. The molecule has 0 spiro atoms. The van der Waals surface area contributed by atoms with Gasteiger partial charge < -0.3 is 4.42 Å². The van der Waals surface area contributed by atoms with Crippen molar-refractivity contribution in [3.05, 3.63) is 21.7 Å². The van der Waals surface area contributed by atoms with Crippen molar-refractivity contribution < 1.29 is 4.42 Å². The Bertz CT molecular complexity index is 399. The molecule has 1 nitrogen and oxygen atoms in total. The van der Waals surface area contributed by atoms with Crippen LogP contribution in [0.1, 0.15) is 11.1 Å². The number of halogens is 1. The highest BCUT2D eigenvalue weighted by Crippen LogP contribution is 2.35. The molecule has 0 radical (unpaired) electrons. The summed E-state index contributed by atoms with van der Waals surface area (Å²) < 4.78 is 5.30. The van der Waals surface area contributed by atoms with E-state index in [0.717, 1.165) is 10.5 Å². The zero-order chi connectivity index (χ0) is 8.01. The van der Waals surface area contributed by atoms with Gasteiger partial charge >= 0.3 is 0 Å². The van der Waals surface area contributed by atoms with Gasteiger partial charge in [0, 0.05) is 10.9 Å². The third-order valence-electron chi connectivity index (χ3n) is 1.79. The van der Waals surface area contributed by atoms with Crippen LogP contribution >= 0.6 is 22.9 Å². The second-order valence-electron chi connectivity index (χ2n) is 2.58. The van der Waals surface area contributed by atoms with Crippen molar-refractivity contribution in [2.45, 2.75) is 13.8 Å². The molecule has 2 rings (SSSR count). The van der Waals surface area contributed by atoms with Crippen LogP contribution in [-0.2, 0) is 0 Å². The van der Waals surface area contributed by atoms with Crippen molar-refractivity contribution in [2.75, 3.05) is 0 Å². The van der Waals surface area contributed by atoms with Crippen molar-refractivity contribution in [1.29, 1.82) is 0 Å². The number of fused-ring (bicyclic) bond motifs is 1. The molecule has 0 aromatic carbocycles. The Morgan fingerprint density at radius 2 is 2.18 bits per heavy atom. The molecule has 0 atom stereocenters. The minimum atomic E-state index is 0.523. The lowest BCUT2D eigenvalue weighted by Gasteiger charge is -1.84. The van der Waals surface area contributed by atoms with E-state index in [4.69, 9.17) is 16.0 Å². The molecule has 2 heterocycles. The van der Waals surface area contributed by atoms with Gasteiger partial charge in [-0.05, 0) is 36.4 Å². The van der Waals surface area contributed by atoms with Crippen LogP contribution in [0.25, 0.3) is 10.3 Å². The van der Waals surface area contributed by atoms with E-state index in [1.807, 2.05) is 6.92 Å². The van der Waals surface area contributed by atoms with E-state index in [9.17, 15) is 0 Å². The average molecular weight is 187 g/mol. The van der Waals surface area contributed by atoms with Crippen LogP contribution in [0.2, 0.25) is 5.22 Å². The third-order valence-corrected chi connectivity index (χ3v) is 3.13. The summed E-state index contributed by atoms with van der Waals surface area (Å²) in [6.07, 6.45) is 0. The Morgan fingerprint density at radius 3 is 2.82 bits per heavy atom. The summed E-state index contributed by atoms with van der Waals surface area (Å²) in [4.78, 5) is 0.935. The summed E-state index contributed by atoms with van der Waals surface area (Å²) in [5.41, 5.74) is 2.30. The lowest BCUT2D eigenvalue weighted by atomic mass is 10.2. The van der Waals surface area contributed by atoms with E-state index in [1.54, 1.807) is 11.3 Å². The van der Waals surface area contributed by atoms with Crippen molar-refractivity contribution in [2.24, 2.45) is 0 Å². The Hall–Kier alpha value is -0.470. The van der Waals surface area contributed by atoms with E-state index in [2.05, 4.69) is 12.3 Å². The minimum Gasteiger partial charge on any atom is -0.434 e. The number of hydrogen-bond acceptors (Lipinski definition) is 2. The maximum absolute atomic E-state index is 5.81. The molecule has 0 saturated carbocycles. The van der Waals surface area contributed by atoms with Crippen LogP contribution in [0.5, 0.6) is 0 Å². The van der Waals surface area contributed by atoms with Crippen molar-refractivity contribution in [1.82, 2.24) is 0 Å². The van der Waals surface area contributed by atoms with Crippen LogP contribution in [0, 0.1) is 13.8 Å². The maximum Gasteiger partial charge on any atom is 0.198 e. The SMILES string of the molecule is Cc1csc2oc(Cl)c(C)c12. The van der Waals surface area contributed by atoms with Gasteiger partial charge in [0.25, 0.3) is 0 Å². The van der Waals surface area contributed by atoms with Crippen molar-refractivity contribution in [3.63, 3.8) is 0 Å². The quantitative estimate of drug-likeness (QED) is 0.611. The molecule has 58 valence electrons. The molecule has 0 saturated heterocycles. The number of furan rings is 1. The first kappa shape index (κ1) is 7.19. The number of aryl methyl sites for hydroxylation is 2. The summed E-state index contributed by atoms with van der Waals surface area (Å²) in [5, 5.41) is 3.78. The summed E-state index contributed by atoms with van der Waals surface area (Å²) in [6, 6.07) is 0. The molecule has 0 amide bonds. The van der Waals surface area contributed by atoms with Gasteiger partial charge in [0.05, 0.1) is 0 Å². The Labute approximate surface area is 73.6 Å². The highest BCUT2D eigenvalue weighted by molar-refractivity contribution is 7.16. The zero-order valence-corrected chi connectivity index (χ0v) is 7.84. The maximum atomic E-state index is 5.81. The van der Waals surface area contributed by atoms with Crippen LogP contribution in [0.4, 0.5) is 0 Å². The fourth-order valence-electron chi connectivity index (χ4n) is 1.20. The predicted molar refractivity (Wildman–Crippen MR) is 48.6 cm³/mol. The Morgan fingerprint density at radius 1 is 1.45 bits per heavy atom. The van der Waals surface area contributed by atoms with E-state index in [1.165, 1.54) is 10.9 Å². The van der Waals surface area contributed by atoms with Crippen molar-refractivity contribution in [3.8, 4) is 0 Å². The molecular weight excluding hydrogens is 180 g/mol. The summed E-state index contributed by atoms with van der Waals surface area (Å²) in [7, 11) is 0. The van der Waals surface area contributed by atoms with Gasteiger partial charge in [0.2, 0.25) is 0 Å². The van der Waals surface area contributed by atoms with Gasteiger partial charge in [-0.15, -0.1) is 11.3 Å². The van der Waals surface area contributed by atoms with Gasteiger partial charge in [0.15, 0.2) is 10.1 Å². The highest BCUT2D eigenvalue weighted by atomic mass is 35.5. The number of thiophene rings is 1. The van der Waals surface area contributed by atoms with E-state index in [0.29, 0.717) is 5.22 Å².